The smallest absolute Gasteiger partial charge is 0.324 e. The Bertz CT molecular complexity index is 1800. The molecule has 4 aromatic carbocycles. The maximum atomic E-state index is 13.4. The van der Waals surface area contributed by atoms with Crippen molar-refractivity contribution in [2.45, 2.75) is 65.3 Å². The summed E-state index contributed by atoms with van der Waals surface area (Å²) in [4.78, 5) is 15.9. The molecule has 0 unspecified atom stereocenters. The second kappa shape index (κ2) is 13.8. The number of urea groups is 1. The van der Waals surface area contributed by atoms with Gasteiger partial charge < -0.3 is 10.1 Å². The number of likely N-dealkylation sites (tertiary alicyclic amines) is 1. The first kappa shape index (κ1) is 31.4. The van der Waals surface area contributed by atoms with E-state index in [1.807, 2.05) is 66.7 Å². The minimum absolute atomic E-state index is 0.176. The molecule has 0 bridgehead atoms. The van der Waals surface area contributed by atoms with E-state index in [9.17, 15) is 4.79 Å². The Balaban J connectivity index is 1.14. The molecule has 2 N–H and O–H groups in total. The van der Waals surface area contributed by atoms with Crippen molar-refractivity contribution >= 4 is 28.3 Å². The number of carbonyl (C=O) groups is 1. The fourth-order valence-corrected chi connectivity index (χ4v) is 6.03. The number of carbonyl (C=O) groups excluding carboxylic acids is 1. The molecule has 1 fully saturated rings. The molecule has 1 saturated heterocycles. The van der Waals surface area contributed by atoms with E-state index < -0.39 is 0 Å². The molecule has 0 atom stereocenters. The first-order chi connectivity index (χ1) is 22.2. The van der Waals surface area contributed by atoms with Crippen LogP contribution in [0.25, 0.3) is 16.5 Å². The zero-order valence-electron chi connectivity index (χ0n) is 27.5. The lowest BCUT2D eigenvalue weighted by molar-refractivity contribution is 0.221. The van der Waals surface area contributed by atoms with Gasteiger partial charge in [0.05, 0.1) is 23.7 Å². The fraction of sp³-hybridized carbons (Fsp3) is 0.333. The summed E-state index contributed by atoms with van der Waals surface area (Å²) < 4.78 is 8.12. The molecule has 5 aromatic rings. The summed E-state index contributed by atoms with van der Waals surface area (Å²) >= 11 is 0. The molecule has 0 spiro atoms. The number of rotatable bonds is 9. The quantitative estimate of drug-likeness (QED) is 0.174. The Kier molecular flexibility index (Phi) is 9.41. The highest BCUT2D eigenvalue weighted by atomic mass is 16.5. The first-order valence-corrected chi connectivity index (χ1v) is 16.4. The number of hydrogen-bond acceptors (Lipinski definition) is 4. The van der Waals surface area contributed by atoms with Crippen LogP contribution in [0.5, 0.6) is 5.75 Å². The van der Waals surface area contributed by atoms with Crippen molar-refractivity contribution in [2.24, 2.45) is 0 Å². The molecule has 2 heterocycles. The molecular weight excluding hydrogens is 570 g/mol. The predicted octanol–water partition coefficient (Wildman–Crippen LogP) is 8.88. The molecule has 238 valence electrons. The lowest BCUT2D eigenvalue weighted by Crippen LogP contribution is -2.29. The zero-order chi connectivity index (χ0) is 32.1. The van der Waals surface area contributed by atoms with E-state index in [1.54, 1.807) is 4.68 Å². The van der Waals surface area contributed by atoms with Gasteiger partial charge in [-0.05, 0) is 68.2 Å². The Morgan fingerprint density at radius 3 is 2.33 bits per heavy atom. The maximum Gasteiger partial charge on any atom is 0.324 e. The first-order valence-electron chi connectivity index (χ1n) is 16.4. The van der Waals surface area contributed by atoms with Gasteiger partial charge in [0.1, 0.15) is 11.6 Å². The second-order valence-electron chi connectivity index (χ2n) is 13.4. The van der Waals surface area contributed by atoms with E-state index >= 15 is 0 Å². The van der Waals surface area contributed by atoms with Crippen molar-refractivity contribution < 1.29 is 9.53 Å². The highest BCUT2D eigenvalue weighted by Gasteiger charge is 2.22. The summed E-state index contributed by atoms with van der Waals surface area (Å²) in [5, 5.41) is 12.8. The van der Waals surface area contributed by atoms with Crippen molar-refractivity contribution in [3.63, 3.8) is 0 Å². The van der Waals surface area contributed by atoms with Gasteiger partial charge in [0.15, 0.2) is 0 Å². The van der Waals surface area contributed by atoms with Crippen LogP contribution in [-0.4, -0.2) is 40.4 Å². The Labute approximate surface area is 272 Å². The van der Waals surface area contributed by atoms with Crippen molar-refractivity contribution in [1.29, 1.82) is 0 Å². The van der Waals surface area contributed by atoms with Gasteiger partial charge in [-0.1, -0.05) is 93.4 Å². The summed E-state index contributed by atoms with van der Waals surface area (Å²) in [6.07, 6.45) is 4.79. The van der Waals surface area contributed by atoms with Gasteiger partial charge in [-0.15, -0.1) is 0 Å². The van der Waals surface area contributed by atoms with E-state index in [1.165, 1.54) is 43.5 Å². The number of anilines is 2. The molecule has 46 heavy (non-hydrogen) atoms. The van der Waals surface area contributed by atoms with Gasteiger partial charge in [0, 0.05) is 35.2 Å². The van der Waals surface area contributed by atoms with Gasteiger partial charge in [-0.3, -0.25) is 10.2 Å². The number of aryl methyl sites for hydroxylation is 1. The van der Waals surface area contributed by atoms with Crippen LogP contribution < -0.4 is 15.4 Å². The number of nitrogens with one attached hydrogen (secondary N) is 2. The number of piperidine rings is 1. The van der Waals surface area contributed by atoms with Gasteiger partial charge in [-0.25, -0.2) is 9.48 Å². The van der Waals surface area contributed by atoms with Crippen LogP contribution >= 0.6 is 0 Å². The molecular formula is C39H45N5O2. The second-order valence-corrected chi connectivity index (χ2v) is 13.4. The van der Waals surface area contributed by atoms with Crippen LogP contribution in [0.1, 0.15) is 62.4 Å². The summed E-state index contributed by atoms with van der Waals surface area (Å²) in [6, 6.07) is 30.5. The normalized spacial score (nSPS) is 13.9. The van der Waals surface area contributed by atoms with Crippen LogP contribution in [-0.2, 0) is 18.4 Å². The monoisotopic (exact) mass is 615 g/mol. The molecule has 7 nitrogen and oxygen atoms in total. The zero-order valence-corrected chi connectivity index (χ0v) is 27.5. The van der Waals surface area contributed by atoms with Crippen molar-refractivity contribution in [3.05, 3.63) is 113 Å². The highest BCUT2D eigenvalue weighted by Crippen LogP contribution is 2.32. The summed E-state index contributed by atoms with van der Waals surface area (Å²) in [7, 11) is 0. The molecule has 0 aliphatic carbocycles. The van der Waals surface area contributed by atoms with Crippen molar-refractivity contribution in [1.82, 2.24) is 14.7 Å². The van der Waals surface area contributed by atoms with Crippen molar-refractivity contribution in [3.8, 4) is 11.4 Å². The topological polar surface area (TPSA) is 71.4 Å². The molecule has 7 heteroatoms. The number of nitrogens with zero attached hydrogens (tertiary/aromatic N) is 3. The molecule has 1 aromatic heterocycles. The average Bonchev–Trinajstić information content (AvgIpc) is 3.47. The number of benzene rings is 4. The third-order valence-electron chi connectivity index (χ3n) is 8.62. The van der Waals surface area contributed by atoms with Gasteiger partial charge in [0.2, 0.25) is 0 Å². The van der Waals surface area contributed by atoms with Crippen LogP contribution in [0.3, 0.4) is 0 Å². The molecule has 0 saturated carbocycles. The van der Waals surface area contributed by atoms with E-state index in [4.69, 9.17) is 9.84 Å². The minimum atomic E-state index is -0.336. The number of aromatic nitrogens is 2. The lowest BCUT2D eigenvalue weighted by atomic mass is 9.92. The average molecular weight is 616 g/mol. The number of ether oxygens (including phenoxy) is 1. The van der Waals surface area contributed by atoms with Crippen LogP contribution in [0.15, 0.2) is 91.0 Å². The fourth-order valence-electron chi connectivity index (χ4n) is 6.03. The molecule has 1 aliphatic rings. The van der Waals surface area contributed by atoms with E-state index in [0.29, 0.717) is 18.1 Å². The SMILES string of the molecule is Cc1ccc(-n2nc(C(C)(C)C)cc2NC(=O)Nc2ccc(OCCc3cccc(CN4CCCCC4)c3)c3ccccc23)cc1. The van der Waals surface area contributed by atoms with Gasteiger partial charge in [0.25, 0.3) is 0 Å². The Hall–Kier alpha value is -4.62. The van der Waals surface area contributed by atoms with Gasteiger partial charge >= 0.3 is 6.03 Å². The third kappa shape index (κ3) is 7.60. The van der Waals surface area contributed by atoms with Gasteiger partial charge in [-0.2, -0.15) is 5.10 Å². The molecule has 6 rings (SSSR count). The van der Waals surface area contributed by atoms with Crippen LogP contribution in [0, 0.1) is 6.92 Å². The number of fused-ring (bicyclic) bond motifs is 1. The Morgan fingerprint density at radius 1 is 0.826 bits per heavy atom. The number of hydrogen-bond donors (Lipinski definition) is 2. The highest BCUT2D eigenvalue weighted by molar-refractivity contribution is 6.07. The number of amides is 2. The predicted molar refractivity (Wildman–Crippen MR) is 188 cm³/mol. The largest absolute Gasteiger partial charge is 0.493 e. The molecule has 2 amide bonds. The summed E-state index contributed by atoms with van der Waals surface area (Å²) in [5.74, 6) is 1.41. The van der Waals surface area contributed by atoms with Crippen LogP contribution in [0.4, 0.5) is 16.3 Å². The summed E-state index contributed by atoms with van der Waals surface area (Å²) in [6.45, 7) is 12.4. The van der Waals surface area contributed by atoms with Crippen LogP contribution in [0.2, 0.25) is 0 Å². The summed E-state index contributed by atoms with van der Waals surface area (Å²) in [5.41, 5.74) is 6.13. The standard InChI is InChI=1S/C39H45N5O2/c1-28-15-17-31(18-16-28)44-37(26-36(42-44)39(2,3)4)41-38(45)40-34-19-20-35(33-14-7-6-13-32(33)34)46-24-21-29-11-10-12-30(25-29)27-43-22-8-5-9-23-43/h6-7,10-20,25-26H,5,8-9,21-24,27H2,1-4H3,(H2,40,41,45). The molecule has 0 radical (unpaired) electrons. The third-order valence-corrected chi connectivity index (χ3v) is 8.62. The van der Waals surface area contributed by atoms with E-state index in [2.05, 4.69) is 67.5 Å². The molecule has 1 aliphatic heterocycles. The Morgan fingerprint density at radius 2 is 1.57 bits per heavy atom. The maximum absolute atomic E-state index is 13.4. The van der Waals surface area contributed by atoms with E-state index in [-0.39, 0.29) is 11.4 Å². The van der Waals surface area contributed by atoms with Crippen molar-refractivity contribution in [2.75, 3.05) is 30.3 Å². The van der Waals surface area contributed by atoms with E-state index in [0.717, 1.165) is 46.4 Å². The minimum Gasteiger partial charge on any atom is -0.493 e. The lowest BCUT2D eigenvalue weighted by Gasteiger charge is -2.26.